The van der Waals surface area contributed by atoms with Gasteiger partial charge in [-0.15, -0.1) is 4.40 Å². The van der Waals surface area contributed by atoms with Crippen LogP contribution in [0.4, 0.5) is 5.69 Å². The number of benzene rings is 2. The molecule has 2 heterocycles. The third-order valence-electron chi connectivity index (χ3n) is 5.10. The number of likely N-dealkylation sites (tertiary alicyclic amines) is 1. The first-order valence-electron chi connectivity index (χ1n) is 9.77. The molecule has 8 nitrogen and oxygen atoms in total. The molecule has 1 amide bonds. The van der Waals surface area contributed by atoms with Gasteiger partial charge >= 0.3 is 0 Å². The lowest BCUT2D eigenvalue weighted by Crippen LogP contribution is -2.20. The molecule has 1 N–H and O–H groups in total. The van der Waals surface area contributed by atoms with Crippen molar-refractivity contribution >= 4 is 38.5 Å². The molecular formula is C21H23N5O3S. The van der Waals surface area contributed by atoms with E-state index in [1.807, 2.05) is 40.8 Å². The van der Waals surface area contributed by atoms with Crippen LogP contribution in [0.15, 0.2) is 64.2 Å². The van der Waals surface area contributed by atoms with Gasteiger partial charge < -0.3 is 14.8 Å². The van der Waals surface area contributed by atoms with E-state index in [2.05, 4.69) is 14.7 Å². The highest BCUT2D eigenvalue weighted by Crippen LogP contribution is 2.19. The molecule has 0 atom stereocenters. The number of nitrogens with one attached hydrogen (secondary N) is 1. The molecule has 0 bridgehead atoms. The number of amidine groups is 1. The maximum absolute atomic E-state index is 12.5. The summed E-state index contributed by atoms with van der Waals surface area (Å²) in [6.07, 6.45) is 3.57. The molecular weight excluding hydrogens is 402 g/mol. The second-order valence-electron chi connectivity index (χ2n) is 7.26. The Bertz CT molecular complexity index is 1200. The van der Waals surface area contributed by atoms with Crippen LogP contribution in [0.1, 0.15) is 19.3 Å². The van der Waals surface area contributed by atoms with Crippen molar-refractivity contribution in [3.63, 3.8) is 0 Å². The van der Waals surface area contributed by atoms with Gasteiger partial charge in [0.25, 0.3) is 10.0 Å². The summed E-state index contributed by atoms with van der Waals surface area (Å²) in [5.41, 5.74) is 2.41. The number of rotatable bonds is 6. The van der Waals surface area contributed by atoms with E-state index in [1.165, 1.54) is 12.1 Å². The lowest BCUT2D eigenvalue weighted by Gasteiger charge is -2.11. The zero-order valence-corrected chi connectivity index (χ0v) is 17.5. The number of sulfonamides is 1. The Morgan fingerprint density at radius 2 is 1.93 bits per heavy atom. The number of aromatic nitrogens is 2. The zero-order valence-electron chi connectivity index (χ0n) is 16.7. The SMILES string of the molecule is CN1CCC/C1=N\S(=O)(=O)c1ccc(NC(=O)CCn2cnc3ccccc32)cc1. The Morgan fingerprint density at radius 3 is 2.67 bits per heavy atom. The Kier molecular flexibility index (Phi) is 5.54. The topological polar surface area (TPSA) is 96.7 Å². The number of hydrogen-bond donors (Lipinski definition) is 1. The molecule has 4 rings (SSSR count). The van der Waals surface area contributed by atoms with Gasteiger partial charge in [-0.05, 0) is 42.8 Å². The summed E-state index contributed by atoms with van der Waals surface area (Å²) in [7, 11) is -1.92. The molecule has 1 aliphatic rings. The molecule has 3 aromatic rings. The van der Waals surface area contributed by atoms with Crippen molar-refractivity contribution in [3.05, 3.63) is 54.9 Å². The molecule has 0 aliphatic carbocycles. The highest BCUT2D eigenvalue weighted by molar-refractivity contribution is 7.90. The fourth-order valence-electron chi connectivity index (χ4n) is 3.45. The first-order valence-corrected chi connectivity index (χ1v) is 11.2. The molecule has 2 aromatic carbocycles. The predicted molar refractivity (Wildman–Crippen MR) is 116 cm³/mol. The van der Waals surface area contributed by atoms with Gasteiger partial charge in [0, 0.05) is 38.7 Å². The van der Waals surface area contributed by atoms with Crippen LogP contribution in [-0.4, -0.2) is 48.2 Å². The maximum Gasteiger partial charge on any atom is 0.283 e. The van der Waals surface area contributed by atoms with Crippen molar-refractivity contribution in [2.45, 2.75) is 30.7 Å². The number of hydrogen-bond acceptors (Lipinski definition) is 4. The van der Waals surface area contributed by atoms with Gasteiger partial charge in [0.2, 0.25) is 5.91 Å². The Morgan fingerprint density at radius 1 is 1.17 bits per heavy atom. The normalized spacial score (nSPS) is 15.8. The first kappa shape index (κ1) is 20.1. The lowest BCUT2D eigenvalue weighted by atomic mass is 10.3. The standard InChI is InChI=1S/C21H23N5O3S/c1-25-13-4-7-20(25)24-30(28,29)17-10-8-16(9-11-17)23-21(27)12-14-26-15-22-18-5-2-3-6-19(18)26/h2-3,5-6,8-11,15H,4,7,12-14H2,1H3,(H,23,27)/b24-20+. The van der Waals surface area contributed by atoms with Gasteiger partial charge in [0.1, 0.15) is 5.84 Å². The quantitative estimate of drug-likeness (QED) is 0.655. The number of carbonyl (C=O) groups excluding carboxylic acids is 1. The molecule has 30 heavy (non-hydrogen) atoms. The number of para-hydroxylation sites is 2. The number of fused-ring (bicyclic) bond motifs is 1. The minimum atomic E-state index is -3.76. The number of aryl methyl sites for hydroxylation is 1. The number of amides is 1. The molecule has 1 aromatic heterocycles. The van der Waals surface area contributed by atoms with E-state index in [1.54, 1.807) is 18.5 Å². The minimum Gasteiger partial charge on any atom is -0.362 e. The van der Waals surface area contributed by atoms with Crippen molar-refractivity contribution in [1.29, 1.82) is 0 Å². The van der Waals surface area contributed by atoms with Crippen LogP contribution in [-0.2, 0) is 21.4 Å². The van der Waals surface area contributed by atoms with Crippen LogP contribution in [0, 0.1) is 0 Å². The zero-order chi connectivity index (χ0) is 21.1. The van der Waals surface area contributed by atoms with Crippen molar-refractivity contribution in [2.75, 3.05) is 18.9 Å². The van der Waals surface area contributed by atoms with Crippen molar-refractivity contribution in [1.82, 2.24) is 14.5 Å². The highest BCUT2D eigenvalue weighted by atomic mass is 32.2. The number of nitrogens with zero attached hydrogens (tertiary/aromatic N) is 4. The fourth-order valence-corrected chi connectivity index (χ4v) is 4.54. The summed E-state index contributed by atoms with van der Waals surface area (Å²) in [6.45, 7) is 1.32. The van der Waals surface area contributed by atoms with E-state index in [0.29, 0.717) is 24.5 Å². The van der Waals surface area contributed by atoms with E-state index < -0.39 is 10.0 Å². The Labute approximate surface area is 175 Å². The third-order valence-corrected chi connectivity index (χ3v) is 6.42. The van der Waals surface area contributed by atoms with E-state index in [9.17, 15) is 13.2 Å². The van der Waals surface area contributed by atoms with E-state index in [0.717, 1.165) is 24.0 Å². The molecule has 156 valence electrons. The van der Waals surface area contributed by atoms with E-state index in [-0.39, 0.29) is 17.2 Å². The molecule has 9 heteroatoms. The van der Waals surface area contributed by atoms with Gasteiger partial charge in [0.05, 0.1) is 22.3 Å². The molecule has 0 spiro atoms. The summed E-state index contributed by atoms with van der Waals surface area (Å²) >= 11 is 0. The summed E-state index contributed by atoms with van der Waals surface area (Å²) in [5, 5.41) is 2.80. The predicted octanol–water partition coefficient (Wildman–Crippen LogP) is 2.88. The van der Waals surface area contributed by atoms with Crippen LogP contribution in [0.2, 0.25) is 0 Å². The fraction of sp³-hybridized carbons (Fsp3) is 0.286. The maximum atomic E-state index is 12.5. The number of carbonyl (C=O) groups is 1. The van der Waals surface area contributed by atoms with Gasteiger partial charge in [-0.2, -0.15) is 8.42 Å². The second-order valence-corrected chi connectivity index (χ2v) is 8.86. The van der Waals surface area contributed by atoms with Crippen LogP contribution >= 0.6 is 0 Å². The summed E-state index contributed by atoms with van der Waals surface area (Å²) in [6, 6.07) is 13.8. The Balaban J connectivity index is 1.38. The van der Waals surface area contributed by atoms with E-state index in [4.69, 9.17) is 0 Å². The molecule has 0 saturated carbocycles. The Hall–Kier alpha value is -3.20. The van der Waals surface area contributed by atoms with Crippen LogP contribution in [0.3, 0.4) is 0 Å². The second kappa shape index (κ2) is 8.27. The molecule has 1 fully saturated rings. The van der Waals surface area contributed by atoms with Crippen molar-refractivity contribution in [3.8, 4) is 0 Å². The number of anilines is 1. The molecule has 0 unspecified atom stereocenters. The molecule has 0 radical (unpaired) electrons. The third kappa shape index (κ3) is 4.35. The average molecular weight is 426 g/mol. The summed E-state index contributed by atoms with van der Waals surface area (Å²) in [4.78, 5) is 18.6. The van der Waals surface area contributed by atoms with Gasteiger partial charge in [0.15, 0.2) is 0 Å². The van der Waals surface area contributed by atoms with Crippen LogP contribution < -0.4 is 5.32 Å². The smallest absolute Gasteiger partial charge is 0.283 e. The highest BCUT2D eigenvalue weighted by Gasteiger charge is 2.20. The van der Waals surface area contributed by atoms with E-state index >= 15 is 0 Å². The van der Waals surface area contributed by atoms with Gasteiger partial charge in [-0.25, -0.2) is 4.98 Å². The average Bonchev–Trinajstić information content (AvgIpc) is 3.32. The first-order chi connectivity index (χ1) is 14.4. The monoisotopic (exact) mass is 425 g/mol. The lowest BCUT2D eigenvalue weighted by molar-refractivity contribution is -0.116. The van der Waals surface area contributed by atoms with Crippen molar-refractivity contribution in [2.24, 2.45) is 4.40 Å². The van der Waals surface area contributed by atoms with Crippen LogP contribution in [0.5, 0.6) is 0 Å². The van der Waals surface area contributed by atoms with Gasteiger partial charge in [-0.3, -0.25) is 4.79 Å². The number of imidazole rings is 1. The summed E-state index contributed by atoms with van der Waals surface area (Å²) < 4.78 is 30.9. The minimum absolute atomic E-state index is 0.109. The summed E-state index contributed by atoms with van der Waals surface area (Å²) in [5.74, 6) is 0.426. The van der Waals surface area contributed by atoms with Crippen molar-refractivity contribution < 1.29 is 13.2 Å². The largest absolute Gasteiger partial charge is 0.362 e. The molecule has 1 aliphatic heterocycles. The van der Waals surface area contributed by atoms with Crippen LogP contribution in [0.25, 0.3) is 11.0 Å². The van der Waals surface area contributed by atoms with Gasteiger partial charge in [-0.1, -0.05) is 12.1 Å². The molecule has 1 saturated heterocycles.